The van der Waals surface area contributed by atoms with Gasteiger partial charge in [0.1, 0.15) is 0 Å². The number of nitrogens with zero attached hydrogens (tertiary/aromatic N) is 2. The minimum Gasteiger partial charge on any atom is -0.370 e. The van der Waals surface area contributed by atoms with E-state index in [1.54, 1.807) is 24.5 Å². The zero-order chi connectivity index (χ0) is 9.26. The summed E-state index contributed by atoms with van der Waals surface area (Å²) in [6, 6.07) is 3.01. The first-order chi connectivity index (χ1) is 6.27. The molecule has 5 heteroatoms. The van der Waals surface area contributed by atoms with Gasteiger partial charge < -0.3 is 5.73 Å². The second-order valence-corrected chi connectivity index (χ2v) is 2.69. The van der Waals surface area contributed by atoms with Crippen LogP contribution in [0.1, 0.15) is 11.6 Å². The van der Waals surface area contributed by atoms with E-state index in [-0.39, 0.29) is 11.9 Å². The molecule has 5 nitrogen and oxygen atoms in total. The van der Waals surface area contributed by atoms with Crippen LogP contribution in [0.3, 0.4) is 0 Å². The summed E-state index contributed by atoms with van der Waals surface area (Å²) in [7, 11) is 0. The van der Waals surface area contributed by atoms with Crippen molar-refractivity contribution in [1.29, 1.82) is 0 Å². The maximum atomic E-state index is 11.3. The molecule has 0 saturated heterocycles. The Morgan fingerprint density at radius 1 is 1.54 bits per heavy atom. The third-order valence-electron chi connectivity index (χ3n) is 1.77. The van der Waals surface area contributed by atoms with E-state index in [1.165, 1.54) is 0 Å². The molecule has 3 N–H and O–H groups in total. The van der Waals surface area contributed by atoms with E-state index >= 15 is 0 Å². The number of carbonyl (C=O) groups is 1. The molecule has 1 aromatic rings. The van der Waals surface area contributed by atoms with Crippen LogP contribution in [-0.4, -0.2) is 16.9 Å². The van der Waals surface area contributed by atoms with Crippen molar-refractivity contribution >= 4 is 11.9 Å². The van der Waals surface area contributed by atoms with Gasteiger partial charge in [0.15, 0.2) is 12.0 Å². The van der Waals surface area contributed by atoms with Crippen LogP contribution in [-0.2, 0) is 4.79 Å². The number of carbonyl (C=O) groups excluding carboxylic acids is 1. The van der Waals surface area contributed by atoms with Gasteiger partial charge in [-0.1, -0.05) is 6.07 Å². The van der Waals surface area contributed by atoms with Gasteiger partial charge in [-0.2, -0.15) is 0 Å². The molecule has 0 spiro atoms. The van der Waals surface area contributed by atoms with E-state index in [0.717, 1.165) is 5.56 Å². The first-order valence-corrected chi connectivity index (χ1v) is 3.81. The van der Waals surface area contributed by atoms with Crippen LogP contribution >= 0.6 is 0 Å². The Balaban J connectivity index is 2.33. The number of hydrogen-bond acceptors (Lipinski definition) is 4. The van der Waals surface area contributed by atoms with Gasteiger partial charge in [0, 0.05) is 18.0 Å². The molecule has 1 aromatic heterocycles. The van der Waals surface area contributed by atoms with E-state index in [2.05, 4.69) is 15.3 Å². The highest BCUT2D eigenvalue weighted by atomic mass is 16.2. The molecular formula is C8H8N4O. The fraction of sp³-hybridized carbons (Fsp3) is 0.125. The van der Waals surface area contributed by atoms with E-state index in [1.807, 2.05) is 0 Å². The molecule has 2 rings (SSSR count). The van der Waals surface area contributed by atoms with Crippen LogP contribution in [0.15, 0.2) is 29.5 Å². The van der Waals surface area contributed by atoms with Crippen molar-refractivity contribution in [3.05, 3.63) is 30.1 Å². The normalized spacial score (nSPS) is 21.1. The third-order valence-corrected chi connectivity index (χ3v) is 1.77. The predicted molar refractivity (Wildman–Crippen MR) is 46.7 cm³/mol. The van der Waals surface area contributed by atoms with E-state index < -0.39 is 6.04 Å². The highest BCUT2D eigenvalue weighted by molar-refractivity contribution is 6.04. The first-order valence-electron chi connectivity index (χ1n) is 3.81. The minimum atomic E-state index is -0.534. The van der Waals surface area contributed by atoms with Gasteiger partial charge in [0.05, 0.1) is 0 Å². The highest BCUT2D eigenvalue weighted by Crippen LogP contribution is 2.18. The Morgan fingerprint density at radius 2 is 2.38 bits per heavy atom. The molecule has 0 saturated carbocycles. The molecule has 1 aliphatic heterocycles. The second kappa shape index (κ2) is 2.85. The van der Waals surface area contributed by atoms with Gasteiger partial charge in [-0.3, -0.25) is 15.1 Å². The summed E-state index contributed by atoms with van der Waals surface area (Å²) in [6.07, 6.45) is 3.25. The number of hydrogen-bond donors (Lipinski definition) is 2. The van der Waals surface area contributed by atoms with Crippen LogP contribution in [0.25, 0.3) is 0 Å². The van der Waals surface area contributed by atoms with Crippen LogP contribution in [0.5, 0.6) is 0 Å². The molecule has 13 heavy (non-hydrogen) atoms. The topological polar surface area (TPSA) is 80.4 Å². The van der Waals surface area contributed by atoms with Crippen molar-refractivity contribution in [3.8, 4) is 0 Å². The van der Waals surface area contributed by atoms with Gasteiger partial charge >= 0.3 is 0 Å². The lowest BCUT2D eigenvalue weighted by Gasteiger charge is -2.02. The van der Waals surface area contributed by atoms with Crippen molar-refractivity contribution in [2.24, 2.45) is 10.7 Å². The fourth-order valence-corrected chi connectivity index (χ4v) is 1.19. The molecule has 1 aliphatic rings. The molecule has 0 fully saturated rings. The number of pyridine rings is 1. The van der Waals surface area contributed by atoms with E-state index in [0.29, 0.717) is 0 Å². The second-order valence-electron chi connectivity index (χ2n) is 2.69. The van der Waals surface area contributed by atoms with Crippen LogP contribution in [0.2, 0.25) is 0 Å². The van der Waals surface area contributed by atoms with Gasteiger partial charge in [-0.25, -0.2) is 4.99 Å². The zero-order valence-corrected chi connectivity index (χ0v) is 6.77. The molecule has 66 valence electrons. The Kier molecular flexibility index (Phi) is 1.70. The number of aliphatic imine (C=N–C) groups is 1. The number of guanidine groups is 1. The Labute approximate surface area is 74.7 Å². The van der Waals surface area contributed by atoms with Crippen molar-refractivity contribution in [3.63, 3.8) is 0 Å². The maximum Gasteiger partial charge on any atom is 0.256 e. The van der Waals surface area contributed by atoms with E-state index in [4.69, 9.17) is 5.73 Å². The molecule has 0 aromatic carbocycles. The zero-order valence-electron chi connectivity index (χ0n) is 6.77. The minimum absolute atomic E-state index is 0.166. The quantitative estimate of drug-likeness (QED) is 0.609. The lowest BCUT2D eigenvalue weighted by Crippen LogP contribution is -2.31. The smallest absolute Gasteiger partial charge is 0.256 e. The molecular weight excluding hydrogens is 168 g/mol. The van der Waals surface area contributed by atoms with Crippen molar-refractivity contribution < 1.29 is 4.79 Å². The lowest BCUT2D eigenvalue weighted by molar-refractivity contribution is -0.120. The summed E-state index contributed by atoms with van der Waals surface area (Å²) in [4.78, 5) is 19.1. The van der Waals surface area contributed by atoms with Crippen LogP contribution in [0.4, 0.5) is 0 Å². The number of nitrogens with two attached hydrogens (primary N) is 1. The summed E-state index contributed by atoms with van der Waals surface area (Å²) in [6.45, 7) is 0. The van der Waals surface area contributed by atoms with E-state index in [9.17, 15) is 4.79 Å². The predicted octanol–water partition coefficient (Wildman–Crippen LogP) is -0.433. The first kappa shape index (κ1) is 7.72. The fourth-order valence-electron chi connectivity index (χ4n) is 1.19. The number of aromatic nitrogens is 1. The molecule has 0 bridgehead atoms. The molecule has 1 atom stereocenters. The summed E-state index contributed by atoms with van der Waals surface area (Å²) in [5.41, 5.74) is 6.10. The number of nitrogens with one attached hydrogen (secondary N) is 1. The molecule has 0 aliphatic carbocycles. The molecule has 0 radical (unpaired) electrons. The van der Waals surface area contributed by atoms with Crippen molar-refractivity contribution in [2.75, 3.05) is 0 Å². The molecule has 1 amide bonds. The van der Waals surface area contributed by atoms with Crippen LogP contribution in [0, 0.1) is 0 Å². The lowest BCUT2D eigenvalue weighted by atomic mass is 10.1. The average Bonchev–Trinajstić information content (AvgIpc) is 2.47. The molecule has 1 unspecified atom stereocenters. The van der Waals surface area contributed by atoms with Gasteiger partial charge in [-0.05, 0) is 6.07 Å². The maximum absolute atomic E-state index is 11.3. The Bertz CT molecular complexity index is 360. The molecule has 2 heterocycles. The Morgan fingerprint density at radius 3 is 2.92 bits per heavy atom. The van der Waals surface area contributed by atoms with Crippen LogP contribution < -0.4 is 11.1 Å². The summed E-state index contributed by atoms with van der Waals surface area (Å²) in [5, 5.41) is 2.43. The average molecular weight is 176 g/mol. The third kappa shape index (κ3) is 1.35. The monoisotopic (exact) mass is 176 g/mol. The number of amides is 1. The van der Waals surface area contributed by atoms with Crippen molar-refractivity contribution in [1.82, 2.24) is 10.3 Å². The largest absolute Gasteiger partial charge is 0.370 e. The standard InChI is InChI=1S/C8H8N4O/c9-8-11-6(7(13)12-8)5-2-1-3-10-4-5/h1-4,6H,(H3,9,11,12,13). The van der Waals surface area contributed by atoms with Gasteiger partial charge in [0.2, 0.25) is 0 Å². The summed E-state index contributed by atoms with van der Waals surface area (Å²) in [5.74, 6) is -0.0376. The summed E-state index contributed by atoms with van der Waals surface area (Å²) >= 11 is 0. The Hall–Kier alpha value is -1.91. The highest BCUT2D eigenvalue weighted by Gasteiger charge is 2.26. The SMILES string of the molecule is NC1=NC(c2cccnc2)C(=O)N1. The summed E-state index contributed by atoms with van der Waals surface area (Å²) < 4.78 is 0. The van der Waals surface area contributed by atoms with Gasteiger partial charge in [-0.15, -0.1) is 0 Å². The number of rotatable bonds is 1. The van der Waals surface area contributed by atoms with Gasteiger partial charge in [0.25, 0.3) is 5.91 Å². The van der Waals surface area contributed by atoms with Crippen molar-refractivity contribution in [2.45, 2.75) is 6.04 Å².